The predicted octanol–water partition coefficient (Wildman–Crippen LogP) is 14.3. The van der Waals surface area contributed by atoms with Crippen LogP contribution in [0.3, 0.4) is 0 Å². The van der Waals surface area contributed by atoms with Gasteiger partial charge < -0.3 is 4.74 Å². The molecule has 39 heavy (non-hydrogen) atoms. The van der Waals surface area contributed by atoms with Gasteiger partial charge in [0.05, 0.1) is 0 Å². The Morgan fingerprint density at radius 3 is 0.538 bits per heavy atom. The summed E-state index contributed by atoms with van der Waals surface area (Å²) in [6.45, 7) is 6.60. The molecule has 0 aliphatic rings. The largest absolute Gasteiger partial charge is 0.381 e. The van der Waals surface area contributed by atoms with E-state index in [0.29, 0.717) is 0 Å². The lowest BCUT2D eigenvalue weighted by Crippen LogP contribution is -1.97. The lowest BCUT2D eigenvalue weighted by molar-refractivity contribution is 0.125. The summed E-state index contributed by atoms with van der Waals surface area (Å²) < 4.78 is 5.88. The molecule has 0 unspecified atom stereocenters. The highest BCUT2D eigenvalue weighted by molar-refractivity contribution is 4.52. The van der Waals surface area contributed by atoms with E-state index in [9.17, 15) is 0 Å². The van der Waals surface area contributed by atoms with Gasteiger partial charge in [-0.15, -0.1) is 0 Å². The van der Waals surface area contributed by atoms with Crippen LogP contribution >= 0.6 is 0 Å². The molecule has 0 radical (unpaired) electrons. The van der Waals surface area contributed by atoms with E-state index >= 15 is 0 Å². The Balaban J connectivity index is 3.01. The molecule has 0 saturated carbocycles. The minimum absolute atomic E-state index is 0.997. The summed E-state index contributed by atoms with van der Waals surface area (Å²) in [6.07, 6.45) is 49.0. The number of rotatable bonds is 36. The Morgan fingerprint density at radius 1 is 0.205 bits per heavy atom. The molecule has 0 N–H and O–H groups in total. The van der Waals surface area contributed by atoms with E-state index in [4.69, 9.17) is 4.74 Å². The van der Waals surface area contributed by atoms with Crippen molar-refractivity contribution in [3.63, 3.8) is 0 Å². The molecule has 1 heteroatoms. The fourth-order valence-corrected chi connectivity index (χ4v) is 5.96. The zero-order valence-electron chi connectivity index (χ0n) is 27.9. The smallest absolute Gasteiger partial charge is 0.0466 e. The number of hydrogen-bond acceptors (Lipinski definition) is 1. The van der Waals surface area contributed by atoms with Crippen molar-refractivity contribution in [3.05, 3.63) is 0 Å². The molecule has 0 aromatic rings. The van der Waals surface area contributed by atoms with E-state index in [-0.39, 0.29) is 0 Å². The molecular weight excluding hydrogens is 472 g/mol. The quantitative estimate of drug-likeness (QED) is 0.0705. The number of hydrogen-bond donors (Lipinski definition) is 0. The van der Waals surface area contributed by atoms with E-state index in [1.165, 1.54) is 218 Å². The maximum absolute atomic E-state index is 5.88. The van der Waals surface area contributed by atoms with Crippen molar-refractivity contribution in [1.29, 1.82) is 0 Å². The summed E-state index contributed by atoms with van der Waals surface area (Å²) in [6, 6.07) is 0. The van der Waals surface area contributed by atoms with Crippen LogP contribution < -0.4 is 0 Å². The van der Waals surface area contributed by atoms with E-state index in [1.54, 1.807) is 0 Å². The Labute approximate surface area is 249 Å². The lowest BCUT2D eigenvalue weighted by atomic mass is 10.0. The van der Waals surface area contributed by atoms with Crippen molar-refractivity contribution in [2.45, 2.75) is 232 Å². The molecule has 0 atom stereocenters. The summed E-state index contributed by atoms with van der Waals surface area (Å²) in [4.78, 5) is 0. The fraction of sp³-hybridized carbons (Fsp3) is 1.00. The predicted molar refractivity (Wildman–Crippen MR) is 179 cm³/mol. The average molecular weight is 551 g/mol. The molecule has 0 bridgehead atoms. The monoisotopic (exact) mass is 551 g/mol. The second-order valence-electron chi connectivity index (χ2n) is 12.9. The van der Waals surface area contributed by atoms with Crippen molar-refractivity contribution >= 4 is 0 Å². The highest BCUT2D eigenvalue weighted by Gasteiger charge is 1.97. The second-order valence-corrected chi connectivity index (χ2v) is 12.9. The Morgan fingerprint density at radius 2 is 0.359 bits per heavy atom. The standard InChI is InChI=1S/C38H78O/c1-3-5-7-9-11-13-15-17-19-21-23-25-27-29-31-33-35-37-39-38-36-34-32-30-28-26-24-22-20-18-16-14-12-10-8-6-4-2/h3-38H2,1-2H3. The Kier molecular flexibility index (Phi) is 37.9. The first-order chi connectivity index (χ1) is 19.4. The number of unbranched alkanes of at least 4 members (excludes halogenated alkanes) is 32. The van der Waals surface area contributed by atoms with E-state index in [1.807, 2.05) is 0 Å². The topological polar surface area (TPSA) is 9.23 Å². The third kappa shape index (κ3) is 38.0. The summed E-state index contributed by atoms with van der Waals surface area (Å²) in [7, 11) is 0. The van der Waals surface area contributed by atoms with E-state index in [0.717, 1.165) is 13.2 Å². The van der Waals surface area contributed by atoms with Crippen molar-refractivity contribution in [3.8, 4) is 0 Å². The van der Waals surface area contributed by atoms with Crippen LogP contribution in [0.15, 0.2) is 0 Å². The van der Waals surface area contributed by atoms with E-state index < -0.39 is 0 Å². The van der Waals surface area contributed by atoms with Gasteiger partial charge in [0.15, 0.2) is 0 Å². The van der Waals surface area contributed by atoms with Crippen LogP contribution in [0, 0.1) is 0 Å². The summed E-state index contributed by atoms with van der Waals surface area (Å²) >= 11 is 0. The third-order valence-electron chi connectivity index (χ3n) is 8.78. The average Bonchev–Trinajstić information content (AvgIpc) is 2.95. The minimum Gasteiger partial charge on any atom is -0.381 e. The van der Waals surface area contributed by atoms with Gasteiger partial charge in [0.25, 0.3) is 0 Å². The van der Waals surface area contributed by atoms with Gasteiger partial charge in [0.1, 0.15) is 0 Å². The molecule has 0 spiro atoms. The van der Waals surface area contributed by atoms with Gasteiger partial charge >= 0.3 is 0 Å². The maximum Gasteiger partial charge on any atom is 0.0466 e. The maximum atomic E-state index is 5.88. The molecular formula is C38H78O. The zero-order chi connectivity index (χ0) is 28.2. The first-order valence-corrected chi connectivity index (χ1v) is 19.0. The van der Waals surface area contributed by atoms with Gasteiger partial charge in [-0.2, -0.15) is 0 Å². The van der Waals surface area contributed by atoms with Crippen molar-refractivity contribution < 1.29 is 4.74 Å². The van der Waals surface area contributed by atoms with Gasteiger partial charge in [-0.1, -0.05) is 219 Å². The lowest BCUT2D eigenvalue weighted by Gasteiger charge is -2.06. The molecule has 0 amide bonds. The highest BCUT2D eigenvalue weighted by Crippen LogP contribution is 2.15. The van der Waals surface area contributed by atoms with Crippen LogP contribution in [0.2, 0.25) is 0 Å². The first-order valence-electron chi connectivity index (χ1n) is 19.0. The van der Waals surface area contributed by atoms with Gasteiger partial charge in [-0.25, -0.2) is 0 Å². The Hall–Kier alpha value is -0.0400. The summed E-state index contributed by atoms with van der Waals surface area (Å²) in [5.41, 5.74) is 0. The molecule has 236 valence electrons. The fourth-order valence-electron chi connectivity index (χ4n) is 5.96. The molecule has 0 saturated heterocycles. The first kappa shape index (κ1) is 39.0. The van der Waals surface area contributed by atoms with Crippen molar-refractivity contribution in [2.24, 2.45) is 0 Å². The SMILES string of the molecule is CCCCCCCCCCCCCCCCCCCOCCCCCCCCCCCCCCCCCCC. The third-order valence-corrected chi connectivity index (χ3v) is 8.78. The van der Waals surface area contributed by atoms with E-state index in [2.05, 4.69) is 13.8 Å². The van der Waals surface area contributed by atoms with Crippen LogP contribution in [0.4, 0.5) is 0 Å². The minimum atomic E-state index is 0.997. The molecule has 0 aromatic carbocycles. The van der Waals surface area contributed by atoms with Crippen LogP contribution in [0.5, 0.6) is 0 Å². The van der Waals surface area contributed by atoms with Gasteiger partial charge in [-0.3, -0.25) is 0 Å². The van der Waals surface area contributed by atoms with Gasteiger partial charge in [0.2, 0.25) is 0 Å². The van der Waals surface area contributed by atoms with Crippen molar-refractivity contribution in [1.82, 2.24) is 0 Å². The Bertz CT molecular complexity index is 356. The molecule has 0 aliphatic heterocycles. The molecule has 0 aromatic heterocycles. The van der Waals surface area contributed by atoms with Crippen LogP contribution in [-0.2, 0) is 4.74 Å². The molecule has 0 heterocycles. The van der Waals surface area contributed by atoms with Crippen LogP contribution in [0.25, 0.3) is 0 Å². The van der Waals surface area contributed by atoms with Gasteiger partial charge in [-0.05, 0) is 12.8 Å². The molecule has 0 rings (SSSR count). The zero-order valence-corrected chi connectivity index (χ0v) is 27.9. The molecule has 0 aliphatic carbocycles. The number of ether oxygens (including phenoxy) is 1. The van der Waals surface area contributed by atoms with Crippen LogP contribution in [-0.4, -0.2) is 13.2 Å². The highest BCUT2D eigenvalue weighted by atomic mass is 16.5. The summed E-state index contributed by atoms with van der Waals surface area (Å²) in [5.74, 6) is 0. The van der Waals surface area contributed by atoms with Crippen LogP contribution in [0.1, 0.15) is 232 Å². The molecule has 0 fully saturated rings. The summed E-state index contributed by atoms with van der Waals surface area (Å²) in [5, 5.41) is 0. The normalized spacial score (nSPS) is 11.5. The molecule has 1 nitrogen and oxygen atoms in total. The van der Waals surface area contributed by atoms with Gasteiger partial charge in [0, 0.05) is 13.2 Å². The second kappa shape index (κ2) is 38.0. The van der Waals surface area contributed by atoms with Crippen molar-refractivity contribution in [2.75, 3.05) is 13.2 Å².